The summed E-state index contributed by atoms with van der Waals surface area (Å²) in [6.45, 7) is 4.99. The van der Waals surface area contributed by atoms with Crippen LogP contribution in [0.25, 0.3) is 0 Å². The Morgan fingerprint density at radius 2 is 2.03 bits per heavy atom. The predicted octanol–water partition coefficient (Wildman–Crippen LogP) is 1.99. The third-order valence-corrected chi connectivity index (χ3v) is 5.63. The number of thiophene rings is 1. The molecule has 1 aliphatic rings. The fraction of sp³-hybridized carbons (Fsp3) is 0.500. The smallest absolute Gasteiger partial charge is 0.475 e. The van der Waals surface area contributed by atoms with Gasteiger partial charge in [-0.2, -0.15) is 18.3 Å². The molecule has 3 heterocycles. The lowest BCUT2D eigenvalue weighted by Crippen LogP contribution is -2.42. The number of nitrogens with one attached hydrogen (secondary N) is 1. The van der Waals surface area contributed by atoms with Crippen LogP contribution in [-0.4, -0.2) is 59.7 Å². The van der Waals surface area contributed by atoms with Crippen LogP contribution in [0.1, 0.15) is 21.5 Å². The second-order valence-corrected chi connectivity index (χ2v) is 9.73. The highest BCUT2D eigenvalue weighted by Crippen LogP contribution is 2.24. The summed E-state index contributed by atoms with van der Waals surface area (Å²) in [5, 5.41) is 11.5. The second kappa shape index (κ2) is 9.24. The third-order valence-electron chi connectivity index (χ3n) is 3.95. The normalized spacial score (nSPS) is 17.3. The molecular weight excluding hydrogens is 433 g/mol. The zero-order chi connectivity index (χ0) is 21.8. The van der Waals surface area contributed by atoms with Gasteiger partial charge in [0.25, 0.3) is 0 Å². The minimum absolute atomic E-state index is 0.0227. The fourth-order valence-electron chi connectivity index (χ4n) is 2.77. The van der Waals surface area contributed by atoms with E-state index in [1.54, 1.807) is 6.20 Å². The van der Waals surface area contributed by atoms with E-state index in [0.717, 1.165) is 25.3 Å². The van der Waals surface area contributed by atoms with E-state index in [1.807, 2.05) is 22.1 Å². The average Bonchev–Trinajstić information content (AvgIpc) is 3.20. The molecule has 1 unspecified atom stereocenters. The standard InChI is InChI=1S/C14H20N4O2S2.C2HF3O2/c1-11-3-4-14(21-11)10-17-8-12-5-6-15-18(12)13(9-17)7-16-22(2,19)20;3-2(4,5)1(6)7/h3-6,13,16H,7-10H2,1-2H3;(H,6,7). The lowest BCUT2D eigenvalue weighted by Gasteiger charge is -2.33. The van der Waals surface area contributed by atoms with E-state index in [-0.39, 0.29) is 6.04 Å². The largest absolute Gasteiger partial charge is 0.490 e. The number of carboxylic acid groups (broad SMARTS) is 1. The Labute approximate surface area is 170 Å². The maximum atomic E-state index is 11.3. The van der Waals surface area contributed by atoms with Crippen LogP contribution in [0.5, 0.6) is 0 Å². The van der Waals surface area contributed by atoms with E-state index in [4.69, 9.17) is 9.90 Å². The number of carboxylic acids is 1. The summed E-state index contributed by atoms with van der Waals surface area (Å²) in [5.41, 5.74) is 1.12. The van der Waals surface area contributed by atoms with Crippen molar-refractivity contribution in [3.8, 4) is 0 Å². The molecule has 13 heteroatoms. The SMILES string of the molecule is Cc1ccc(CN2Cc3ccnn3C(CNS(C)(=O)=O)C2)s1.O=C(O)C(F)(F)F. The maximum Gasteiger partial charge on any atom is 0.490 e. The highest BCUT2D eigenvalue weighted by molar-refractivity contribution is 7.88. The van der Waals surface area contributed by atoms with Crippen LogP contribution in [-0.2, 0) is 27.9 Å². The molecule has 2 aromatic rings. The first-order valence-corrected chi connectivity index (χ1v) is 11.1. The van der Waals surface area contributed by atoms with E-state index >= 15 is 0 Å². The summed E-state index contributed by atoms with van der Waals surface area (Å²) in [4.78, 5) is 13.9. The average molecular weight is 454 g/mol. The number of rotatable bonds is 5. The Balaban J connectivity index is 0.000000370. The molecule has 3 rings (SSSR count). The highest BCUT2D eigenvalue weighted by atomic mass is 32.2. The van der Waals surface area contributed by atoms with Crippen LogP contribution in [0, 0.1) is 6.92 Å². The monoisotopic (exact) mass is 454 g/mol. The van der Waals surface area contributed by atoms with Gasteiger partial charge in [0.05, 0.1) is 18.0 Å². The number of carbonyl (C=O) groups is 1. The summed E-state index contributed by atoms with van der Waals surface area (Å²) < 4.78 is 59.0. The van der Waals surface area contributed by atoms with Gasteiger partial charge in [-0.15, -0.1) is 11.3 Å². The van der Waals surface area contributed by atoms with Crippen LogP contribution in [0.2, 0.25) is 0 Å². The Hall–Kier alpha value is -1.96. The van der Waals surface area contributed by atoms with Crippen molar-refractivity contribution < 1.29 is 31.5 Å². The van der Waals surface area contributed by atoms with E-state index in [9.17, 15) is 21.6 Å². The summed E-state index contributed by atoms with van der Waals surface area (Å²) in [7, 11) is -3.19. The summed E-state index contributed by atoms with van der Waals surface area (Å²) in [6, 6.07) is 6.32. The molecule has 0 fully saturated rings. The lowest BCUT2D eigenvalue weighted by atomic mass is 10.2. The number of hydrogen-bond donors (Lipinski definition) is 2. The molecule has 0 aliphatic carbocycles. The molecular formula is C16H21F3N4O4S2. The van der Waals surface area contributed by atoms with Gasteiger partial charge in [0, 0.05) is 42.1 Å². The molecule has 0 amide bonds. The van der Waals surface area contributed by atoms with E-state index in [0.29, 0.717) is 6.54 Å². The number of aliphatic carboxylic acids is 1. The first-order valence-electron chi connectivity index (χ1n) is 8.40. The number of aromatic nitrogens is 2. The van der Waals surface area contributed by atoms with Gasteiger partial charge >= 0.3 is 12.1 Å². The number of aryl methyl sites for hydroxylation is 1. The molecule has 0 aromatic carbocycles. The number of nitrogens with zero attached hydrogens (tertiary/aromatic N) is 3. The zero-order valence-electron chi connectivity index (χ0n) is 15.7. The molecule has 8 nitrogen and oxygen atoms in total. The van der Waals surface area contributed by atoms with Crippen molar-refractivity contribution in [3.05, 3.63) is 39.8 Å². The van der Waals surface area contributed by atoms with Gasteiger partial charge in [-0.3, -0.25) is 9.58 Å². The Morgan fingerprint density at radius 3 is 2.55 bits per heavy atom. The predicted molar refractivity (Wildman–Crippen MR) is 101 cm³/mol. The van der Waals surface area contributed by atoms with Gasteiger partial charge < -0.3 is 5.11 Å². The molecule has 0 radical (unpaired) electrons. The van der Waals surface area contributed by atoms with Crippen molar-refractivity contribution in [3.63, 3.8) is 0 Å². The zero-order valence-corrected chi connectivity index (χ0v) is 17.3. The van der Waals surface area contributed by atoms with Crippen LogP contribution in [0.4, 0.5) is 13.2 Å². The summed E-state index contributed by atoms with van der Waals surface area (Å²) in [6.07, 6.45) is -2.12. The minimum atomic E-state index is -5.08. The van der Waals surface area contributed by atoms with Gasteiger partial charge in [0.1, 0.15) is 0 Å². The molecule has 1 aliphatic heterocycles. The van der Waals surface area contributed by atoms with Crippen molar-refractivity contribution in [1.82, 2.24) is 19.4 Å². The molecule has 0 saturated carbocycles. The first kappa shape index (κ1) is 23.3. The van der Waals surface area contributed by atoms with Crippen LogP contribution < -0.4 is 4.72 Å². The van der Waals surface area contributed by atoms with Crippen molar-refractivity contribution in [1.29, 1.82) is 0 Å². The molecule has 0 bridgehead atoms. The minimum Gasteiger partial charge on any atom is -0.475 e. The molecule has 1 atom stereocenters. The van der Waals surface area contributed by atoms with Gasteiger partial charge in [-0.1, -0.05) is 0 Å². The van der Waals surface area contributed by atoms with Crippen molar-refractivity contribution in [2.24, 2.45) is 0 Å². The Kier molecular flexibility index (Phi) is 7.43. The number of alkyl halides is 3. The second-order valence-electron chi connectivity index (χ2n) is 6.53. The molecule has 0 spiro atoms. The molecule has 29 heavy (non-hydrogen) atoms. The summed E-state index contributed by atoms with van der Waals surface area (Å²) >= 11 is 1.81. The van der Waals surface area contributed by atoms with Crippen molar-refractivity contribution in [2.75, 3.05) is 19.3 Å². The van der Waals surface area contributed by atoms with Crippen LogP contribution in [0.15, 0.2) is 24.4 Å². The summed E-state index contributed by atoms with van der Waals surface area (Å²) in [5.74, 6) is -2.76. The van der Waals surface area contributed by atoms with Crippen molar-refractivity contribution in [2.45, 2.75) is 32.2 Å². The number of sulfonamides is 1. The van der Waals surface area contributed by atoms with Gasteiger partial charge in [-0.25, -0.2) is 17.9 Å². The fourth-order valence-corrected chi connectivity index (χ4v) is 4.20. The van der Waals surface area contributed by atoms with Crippen molar-refractivity contribution >= 4 is 27.3 Å². The van der Waals surface area contributed by atoms with Gasteiger partial charge in [0.15, 0.2) is 0 Å². The number of hydrogen-bond acceptors (Lipinski definition) is 6. The first-order chi connectivity index (χ1) is 13.3. The van der Waals surface area contributed by atoms with Gasteiger partial charge in [0.2, 0.25) is 10.0 Å². The van der Waals surface area contributed by atoms with Gasteiger partial charge in [-0.05, 0) is 25.1 Å². The van der Waals surface area contributed by atoms with Crippen LogP contribution in [0.3, 0.4) is 0 Å². The number of fused-ring (bicyclic) bond motifs is 1. The Morgan fingerprint density at radius 1 is 1.38 bits per heavy atom. The number of halogens is 3. The molecule has 2 N–H and O–H groups in total. The van der Waals surface area contributed by atoms with E-state index in [2.05, 4.69) is 33.8 Å². The molecule has 0 saturated heterocycles. The third kappa shape index (κ3) is 7.42. The highest BCUT2D eigenvalue weighted by Gasteiger charge is 2.38. The molecule has 2 aromatic heterocycles. The van der Waals surface area contributed by atoms with E-state index in [1.165, 1.54) is 16.0 Å². The molecule has 162 valence electrons. The Bertz CT molecular complexity index is 940. The maximum absolute atomic E-state index is 11.3. The van der Waals surface area contributed by atoms with Crippen LogP contribution >= 0.6 is 11.3 Å². The van der Waals surface area contributed by atoms with E-state index < -0.39 is 22.2 Å². The topological polar surface area (TPSA) is 105 Å². The lowest BCUT2D eigenvalue weighted by molar-refractivity contribution is -0.192. The quantitative estimate of drug-likeness (QED) is 0.716.